The zero-order valence-corrected chi connectivity index (χ0v) is 10.0. The first-order valence-corrected chi connectivity index (χ1v) is 6.16. The minimum Gasteiger partial charge on any atom is -0.366 e. The number of amides is 1. The van der Waals surface area contributed by atoms with Gasteiger partial charge in [-0.1, -0.05) is 13.8 Å². The van der Waals surface area contributed by atoms with E-state index in [0.717, 1.165) is 13.0 Å². The third kappa shape index (κ3) is 2.09. The predicted molar refractivity (Wildman–Crippen MR) is 59.5 cm³/mol. The summed E-state index contributed by atoms with van der Waals surface area (Å²) >= 11 is 0. The number of carbonyl (C=O) groups excluding carboxylic acids is 1. The Morgan fingerprint density at radius 2 is 2.00 bits per heavy atom. The molecule has 2 rings (SSSR count). The second-order valence-corrected chi connectivity index (χ2v) is 5.49. The van der Waals surface area contributed by atoms with Crippen molar-refractivity contribution in [3.8, 4) is 0 Å². The molecule has 0 radical (unpaired) electrons. The molecule has 16 heavy (non-hydrogen) atoms. The summed E-state index contributed by atoms with van der Waals surface area (Å²) < 4.78 is 0. The molecule has 0 aromatic carbocycles. The van der Waals surface area contributed by atoms with Crippen molar-refractivity contribution in [2.75, 3.05) is 6.54 Å². The molecule has 0 bridgehead atoms. The zero-order valence-electron chi connectivity index (χ0n) is 10.0. The summed E-state index contributed by atoms with van der Waals surface area (Å²) in [6.45, 7) is 4.80. The summed E-state index contributed by atoms with van der Waals surface area (Å²) in [6.07, 6.45) is 2.38. The van der Waals surface area contributed by atoms with Crippen LogP contribution in [0.2, 0.25) is 0 Å². The van der Waals surface area contributed by atoms with Gasteiger partial charge in [0.2, 0.25) is 5.91 Å². The van der Waals surface area contributed by atoms with Gasteiger partial charge in [-0.15, -0.1) is 0 Å². The number of likely N-dealkylation sites (tertiary alicyclic amines) is 1. The summed E-state index contributed by atoms with van der Waals surface area (Å²) in [5, 5.41) is 19.2. The highest BCUT2D eigenvalue weighted by Crippen LogP contribution is 2.35. The van der Waals surface area contributed by atoms with Gasteiger partial charge in [-0.2, -0.15) is 0 Å². The zero-order chi connectivity index (χ0) is 11.9. The highest BCUT2D eigenvalue weighted by atomic mass is 16.5. The Kier molecular flexibility index (Phi) is 2.97. The Labute approximate surface area is 96.3 Å². The maximum Gasteiger partial charge on any atom is 0.225 e. The van der Waals surface area contributed by atoms with Gasteiger partial charge in [0.1, 0.15) is 0 Å². The molecule has 1 saturated carbocycles. The summed E-state index contributed by atoms with van der Waals surface area (Å²) in [5.41, 5.74) is 0. The lowest BCUT2D eigenvalue weighted by Gasteiger charge is -2.41. The van der Waals surface area contributed by atoms with Crippen LogP contribution < -0.4 is 0 Å². The Hall–Kier alpha value is -0.610. The topological polar surface area (TPSA) is 60.8 Å². The molecule has 92 valence electrons. The largest absolute Gasteiger partial charge is 0.366 e. The first-order valence-electron chi connectivity index (χ1n) is 6.16. The van der Waals surface area contributed by atoms with Crippen molar-refractivity contribution in [1.82, 2.24) is 4.90 Å². The van der Waals surface area contributed by atoms with E-state index in [1.165, 1.54) is 0 Å². The molecule has 2 fully saturated rings. The molecule has 1 amide bonds. The summed E-state index contributed by atoms with van der Waals surface area (Å²) in [6, 6.07) is 0.199. The molecule has 1 aliphatic heterocycles. The smallest absolute Gasteiger partial charge is 0.225 e. The molecule has 1 saturated heterocycles. The average Bonchev–Trinajstić information content (AvgIpc) is 2.48. The van der Waals surface area contributed by atoms with E-state index in [9.17, 15) is 15.0 Å². The van der Waals surface area contributed by atoms with Gasteiger partial charge >= 0.3 is 0 Å². The van der Waals surface area contributed by atoms with E-state index in [4.69, 9.17) is 0 Å². The Balaban J connectivity index is 2.04. The quantitative estimate of drug-likeness (QED) is 0.649. The number of rotatable bonds is 1. The van der Waals surface area contributed by atoms with Gasteiger partial charge in [-0.05, 0) is 18.8 Å². The summed E-state index contributed by atoms with van der Waals surface area (Å²) in [4.78, 5) is 13.9. The molecule has 1 aliphatic carbocycles. The average molecular weight is 227 g/mol. The molecule has 0 aromatic rings. The highest BCUT2D eigenvalue weighted by Gasteiger charge is 2.42. The van der Waals surface area contributed by atoms with Crippen LogP contribution in [0.15, 0.2) is 0 Å². The molecule has 2 N–H and O–H groups in total. The Morgan fingerprint density at radius 1 is 1.31 bits per heavy atom. The monoisotopic (exact) mass is 227 g/mol. The fourth-order valence-corrected chi connectivity index (χ4v) is 3.06. The van der Waals surface area contributed by atoms with Gasteiger partial charge in [0, 0.05) is 31.3 Å². The van der Waals surface area contributed by atoms with Crippen LogP contribution in [0.1, 0.15) is 39.5 Å². The summed E-state index contributed by atoms with van der Waals surface area (Å²) in [5.74, 6) is -0.982. The van der Waals surface area contributed by atoms with Crippen molar-refractivity contribution in [3.63, 3.8) is 0 Å². The van der Waals surface area contributed by atoms with Crippen molar-refractivity contribution in [3.05, 3.63) is 0 Å². The normalized spacial score (nSPS) is 39.1. The van der Waals surface area contributed by atoms with Crippen LogP contribution in [-0.4, -0.2) is 39.4 Å². The predicted octanol–water partition coefficient (Wildman–Crippen LogP) is 0.724. The molecular weight excluding hydrogens is 206 g/mol. The first kappa shape index (κ1) is 11.9. The van der Waals surface area contributed by atoms with Crippen molar-refractivity contribution < 1.29 is 15.0 Å². The van der Waals surface area contributed by atoms with E-state index in [2.05, 4.69) is 0 Å². The SMILES string of the molecule is C[C@@H]1CC(O)(O)CCC1N1CC[C@H](C)C1=O. The van der Waals surface area contributed by atoms with Crippen molar-refractivity contribution in [2.24, 2.45) is 11.8 Å². The van der Waals surface area contributed by atoms with Gasteiger partial charge in [-0.25, -0.2) is 0 Å². The van der Waals surface area contributed by atoms with Crippen LogP contribution >= 0.6 is 0 Å². The molecule has 0 aromatic heterocycles. The van der Waals surface area contributed by atoms with Crippen LogP contribution in [0.4, 0.5) is 0 Å². The third-order valence-corrected chi connectivity index (χ3v) is 4.05. The maximum atomic E-state index is 11.9. The number of nitrogens with zero attached hydrogens (tertiary/aromatic N) is 1. The van der Waals surface area contributed by atoms with E-state index in [-0.39, 0.29) is 23.8 Å². The lowest BCUT2D eigenvalue weighted by atomic mass is 9.81. The second-order valence-electron chi connectivity index (χ2n) is 5.49. The minimum absolute atomic E-state index is 0.141. The maximum absolute atomic E-state index is 11.9. The summed E-state index contributed by atoms with van der Waals surface area (Å²) in [7, 11) is 0. The standard InChI is InChI=1S/C12H21NO3/c1-8-4-6-13(11(8)14)10-3-5-12(15,16)7-9(10)2/h8-10,15-16H,3-7H2,1-2H3/t8-,9+,10?/m0/s1. The van der Waals surface area contributed by atoms with Crippen molar-refractivity contribution in [1.29, 1.82) is 0 Å². The molecule has 3 atom stereocenters. The fraction of sp³-hybridized carbons (Fsp3) is 0.917. The number of aliphatic hydroxyl groups is 2. The van der Waals surface area contributed by atoms with Crippen molar-refractivity contribution >= 4 is 5.91 Å². The van der Waals surface area contributed by atoms with Crippen LogP contribution in [0.3, 0.4) is 0 Å². The first-order chi connectivity index (χ1) is 7.41. The van der Waals surface area contributed by atoms with Gasteiger partial charge in [0.25, 0.3) is 0 Å². The van der Waals surface area contributed by atoms with Gasteiger partial charge in [0.05, 0.1) is 0 Å². The number of hydrogen-bond acceptors (Lipinski definition) is 3. The molecule has 1 heterocycles. The van der Waals surface area contributed by atoms with Gasteiger partial charge < -0.3 is 15.1 Å². The lowest BCUT2D eigenvalue weighted by Crippen LogP contribution is -2.49. The molecule has 4 nitrogen and oxygen atoms in total. The lowest BCUT2D eigenvalue weighted by molar-refractivity contribution is -0.199. The van der Waals surface area contributed by atoms with E-state index < -0.39 is 5.79 Å². The van der Waals surface area contributed by atoms with Crippen LogP contribution in [-0.2, 0) is 4.79 Å². The number of carbonyl (C=O) groups is 1. The van der Waals surface area contributed by atoms with Crippen LogP contribution in [0.25, 0.3) is 0 Å². The molecule has 2 aliphatic rings. The van der Waals surface area contributed by atoms with E-state index in [1.807, 2.05) is 18.7 Å². The Bertz CT molecular complexity index is 290. The second kappa shape index (κ2) is 4.00. The van der Waals surface area contributed by atoms with E-state index in [0.29, 0.717) is 19.3 Å². The fourth-order valence-electron chi connectivity index (χ4n) is 3.06. The van der Waals surface area contributed by atoms with Gasteiger partial charge in [-0.3, -0.25) is 4.79 Å². The van der Waals surface area contributed by atoms with Crippen LogP contribution in [0, 0.1) is 11.8 Å². The van der Waals surface area contributed by atoms with E-state index in [1.54, 1.807) is 0 Å². The van der Waals surface area contributed by atoms with E-state index >= 15 is 0 Å². The third-order valence-electron chi connectivity index (χ3n) is 4.05. The molecule has 1 unspecified atom stereocenters. The minimum atomic E-state index is -1.52. The molecule has 0 spiro atoms. The van der Waals surface area contributed by atoms with Crippen molar-refractivity contribution in [2.45, 2.75) is 51.4 Å². The van der Waals surface area contributed by atoms with Gasteiger partial charge in [0.15, 0.2) is 5.79 Å². The molecule has 4 heteroatoms. The molecular formula is C12H21NO3. The highest BCUT2D eigenvalue weighted by molar-refractivity contribution is 5.80. The number of hydrogen-bond donors (Lipinski definition) is 2. The Morgan fingerprint density at radius 3 is 2.50 bits per heavy atom. The van der Waals surface area contributed by atoms with Crippen LogP contribution in [0.5, 0.6) is 0 Å².